The molecule has 0 aliphatic rings. The first-order valence-electron chi connectivity index (χ1n) is 8.44. The molecule has 0 rings (SSSR count). The van der Waals surface area contributed by atoms with Crippen LogP contribution in [0.4, 0.5) is 0 Å². The third kappa shape index (κ3) is 14.3. The molecule has 0 saturated heterocycles. The summed E-state index contributed by atoms with van der Waals surface area (Å²) in [6, 6.07) is -0.944. The lowest BCUT2D eigenvalue weighted by Gasteiger charge is -2.14. The number of aliphatic carboxylic acids is 1. The molecular formula is C17H31NO4S. The fourth-order valence-electron chi connectivity index (χ4n) is 2.11. The van der Waals surface area contributed by atoms with Crippen molar-refractivity contribution in [2.24, 2.45) is 0 Å². The number of allylic oxidation sites excluding steroid dienone is 2. The maximum atomic E-state index is 11.7. The Morgan fingerprint density at radius 1 is 1.17 bits per heavy atom. The molecule has 0 aliphatic heterocycles. The Balaban J connectivity index is 3.78. The van der Waals surface area contributed by atoms with Gasteiger partial charge in [-0.2, -0.15) is 0 Å². The predicted molar refractivity (Wildman–Crippen MR) is 94.9 cm³/mol. The third-order valence-corrected chi connectivity index (χ3v) is 4.30. The first kappa shape index (κ1) is 22.0. The highest BCUT2D eigenvalue weighted by Crippen LogP contribution is 2.05. The molecule has 6 heteroatoms. The summed E-state index contributed by atoms with van der Waals surface area (Å²) in [6.45, 7) is 2.19. The molecule has 0 aromatic rings. The lowest BCUT2D eigenvalue weighted by molar-refractivity contribution is -0.141. The normalized spacial score (nSPS) is 13.9. The van der Waals surface area contributed by atoms with Crippen molar-refractivity contribution in [2.45, 2.75) is 70.8 Å². The number of hydrogen-bond donors (Lipinski definition) is 2. The van der Waals surface area contributed by atoms with Crippen molar-refractivity contribution in [3.8, 4) is 0 Å². The lowest BCUT2D eigenvalue weighted by Crippen LogP contribution is -2.41. The van der Waals surface area contributed by atoms with Crippen LogP contribution < -0.4 is 5.32 Å². The van der Waals surface area contributed by atoms with Crippen LogP contribution in [0.3, 0.4) is 0 Å². The molecule has 2 atom stereocenters. The van der Waals surface area contributed by atoms with Crippen molar-refractivity contribution in [3.05, 3.63) is 12.2 Å². The molecule has 1 amide bonds. The Morgan fingerprint density at radius 3 is 2.39 bits per heavy atom. The fourth-order valence-corrected chi connectivity index (χ4v) is 2.68. The van der Waals surface area contributed by atoms with E-state index in [1.807, 2.05) is 0 Å². The smallest absolute Gasteiger partial charge is 0.326 e. The van der Waals surface area contributed by atoms with Crippen LogP contribution in [0.1, 0.15) is 64.7 Å². The average molecular weight is 346 g/mol. The van der Waals surface area contributed by atoms with E-state index >= 15 is 0 Å². The fraction of sp³-hybridized carbons (Fsp3) is 0.765. The Kier molecular flexibility index (Phi) is 13.9. The lowest BCUT2D eigenvalue weighted by atomic mass is 10.1. The Bertz CT molecular complexity index is 359. The van der Waals surface area contributed by atoms with Crippen LogP contribution in [0.2, 0.25) is 0 Å². The van der Waals surface area contributed by atoms with Gasteiger partial charge < -0.3 is 15.0 Å². The average Bonchev–Trinajstić information content (AvgIpc) is 2.49. The number of amides is 1. The van der Waals surface area contributed by atoms with E-state index in [9.17, 15) is 14.1 Å². The minimum Gasteiger partial charge on any atom is -0.617 e. The molecule has 0 spiro atoms. The van der Waals surface area contributed by atoms with Crippen LogP contribution in [-0.4, -0.2) is 39.6 Å². The van der Waals surface area contributed by atoms with Crippen molar-refractivity contribution >= 4 is 23.1 Å². The summed E-state index contributed by atoms with van der Waals surface area (Å²) in [6.07, 6.45) is 13.9. The summed E-state index contributed by atoms with van der Waals surface area (Å²) >= 11 is -1.05. The SMILES string of the molecule is CCCCCC/C=C\CCCC(=O)N[C@H](CC[S+](C)[O-])C(=O)O. The molecule has 0 aromatic carbocycles. The zero-order chi connectivity index (χ0) is 17.5. The number of hydrogen-bond acceptors (Lipinski definition) is 3. The Morgan fingerprint density at radius 2 is 1.83 bits per heavy atom. The first-order chi connectivity index (χ1) is 11.0. The molecule has 134 valence electrons. The molecule has 0 radical (unpaired) electrons. The van der Waals surface area contributed by atoms with E-state index in [0.29, 0.717) is 12.8 Å². The predicted octanol–water partition coefficient (Wildman–Crippen LogP) is 3.02. The number of unbranched alkanes of at least 4 members (excludes halogenated alkanes) is 5. The zero-order valence-electron chi connectivity index (χ0n) is 14.4. The first-order valence-corrected chi connectivity index (χ1v) is 10.2. The summed E-state index contributed by atoms with van der Waals surface area (Å²) in [5.74, 6) is -1.05. The van der Waals surface area contributed by atoms with Crippen LogP contribution in [0.15, 0.2) is 12.2 Å². The summed E-state index contributed by atoms with van der Waals surface area (Å²) in [5, 5.41) is 11.5. The second kappa shape index (κ2) is 14.6. The molecule has 0 heterocycles. The molecule has 23 heavy (non-hydrogen) atoms. The van der Waals surface area contributed by atoms with Crippen molar-refractivity contribution in [2.75, 3.05) is 12.0 Å². The highest BCUT2D eigenvalue weighted by atomic mass is 32.2. The molecule has 0 saturated carbocycles. The highest BCUT2D eigenvalue weighted by Gasteiger charge is 2.20. The van der Waals surface area contributed by atoms with Gasteiger partial charge in [0.1, 0.15) is 11.8 Å². The summed E-state index contributed by atoms with van der Waals surface area (Å²) in [5.41, 5.74) is 0. The van der Waals surface area contributed by atoms with Gasteiger partial charge in [-0.1, -0.05) is 49.5 Å². The van der Waals surface area contributed by atoms with E-state index in [-0.39, 0.29) is 18.1 Å². The van der Waals surface area contributed by atoms with Crippen LogP contribution in [0.25, 0.3) is 0 Å². The molecule has 0 aromatic heterocycles. The van der Waals surface area contributed by atoms with Crippen LogP contribution in [-0.2, 0) is 20.8 Å². The monoisotopic (exact) mass is 345 g/mol. The van der Waals surface area contributed by atoms with Crippen LogP contribution in [0, 0.1) is 0 Å². The molecule has 0 bridgehead atoms. The number of carbonyl (C=O) groups is 2. The van der Waals surface area contributed by atoms with Crippen molar-refractivity contribution in [3.63, 3.8) is 0 Å². The van der Waals surface area contributed by atoms with Crippen LogP contribution in [0.5, 0.6) is 0 Å². The van der Waals surface area contributed by atoms with E-state index in [4.69, 9.17) is 5.11 Å². The quantitative estimate of drug-likeness (QED) is 0.288. The summed E-state index contributed by atoms with van der Waals surface area (Å²) in [7, 11) is 0. The maximum Gasteiger partial charge on any atom is 0.326 e. The number of carboxylic acids is 1. The minimum atomic E-state index is -1.07. The van der Waals surface area contributed by atoms with Gasteiger partial charge in [0.15, 0.2) is 0 Å². The largest absolute Gasteiger partial charge is 0.617 e. The van der Waals surface area contributed by atoms with Gasteiger partial charge in [0, 0.05) is 12.8 Å². The second-order valence-electron chi connectivity index (χ2n) is 5.74. The number of nitrogens with one attached hydrogen (secondary N) is 1. The summed E-state index contributed by atoms with van der Waals surface area (Å²) in [4.78, 5) is 22.8. The highest BCUT2D eigenvalue weighted by molar-refractivity contribution is 7.90. The summed E-state index contributed by atoms with van der Waals surface area (Å²) < 4.78 is 11.0. The Labute approximate surface area is 143 Å². The van der Waals surface area contributed by atoms with Gasteiger partial charge in [-0.05, 0) is 25.7 Å². The van der Waals surface area contributed by atoms with Gasteiger partial charge in [-0.3, -0.25) is 4.79 Å². The van der Waals surface area contributed by atoms with E-state index in [2.05, 4.69) is 24.4 Å². The standard InChI is InChI=1S/C17H31NO4S/c1-3-4-5-6-7-8-9-10-11-12-16(19)18-15(17(20)21)13-14-23(2)22/h8-9,15H,3-7,10-14H2,1-2H3,(H,18,19)(H,20,21)/b9-8-/t15-,23?/m1/s1. The van der Waals surface area contributed by atoms with Crippen molar-refractivity contribution < 1.29 is 19.2 Å². The molecule has 5 nitrogen and oxygen atoms in total. The van der Waals surface area contributed by atoms with E-state index < -0.39 is 23.2 Å². The van der Waals surface area contributed by atoms with Gasteiger partial charge in [0.05, 0.1) is 6.26 Å². The second-order valence-corrected chi connectivity index (χ2v) is 7.29. The molecular weight excluding hydrogens is 314 g/mol. The van der Waals surface area contributed by atoms with Gasteiger partial charge in [0.25, 0.3) is 0 Å². The number of carboxylic acid groups (broad SMARTS) is 1. The van der Waals surface area contributed by atoms with Gasteiger partial charge in [0.2, 0.25) is 5.91 Å². The van der Waals surface area contributed by atoms with E-state index in [1.165, 1.54) is 31.9 Å². The molecule has 2 N–H and O–H groups in total. The molecule has 0 aliphatic carbocycles. The topological polar surface area (TPSA) is 89.5 Å². The molecule has 1 unspecified atom stereocenters. The van der Waals surface area contributed by atoms with Crippen molar-refractivity contribution in [1.82, 2.24) is 5.32 Å². The third-order valence-electron chi connectivity index (χ3n) is 3.49. The minimum absolute atomic E-state index is 0.196. The maximum absolute atomic E-state index is 11.7. The van der Waals surface area contributed by atoms with Crippen LogP contribution >= 0.6 is 0 Å². The number of rotatable bonds is 14. The van der Waals surface area contributed by atoms with Gasteiger partial charge >= 0.3 is 5.97 Å². The van der Waals surface area contributed by atoms with Crippen molar-refractivity contribution in [1.29, 1.82) is 0 Å². The van der Waals surface area contributed by atoms with Gasteiger partial charge in [-0.25, -0.2) is 4.79 Å². The van der Waals surface area contributed by atoms with Gasteiger partial charge in [-0.15, -0.1) is 0 Å². The molecule has 0 fully saturated rings. The number of carbonyl (C=O) groups excluding carboxylic acids is 1. The zero-order valence-corrected chi connectivity index (χ0v) is 15.2. The van der Waals surface area contributed by atoms with E-state index in [0.717, 1.165) is 12.8 Å². The Hall–Kier alpha value is -1.01. The van der Waals surface area contributed by atoms with E-state index in [1.54, 1.807) is 0 Å².